The molecule has 104 valence electrons. The first-order valence-corrected chi connectivity index (χ1v) is 6.08. The Bertz CT molecular complexity index is 680. The summed E-state index contributed by atoms with van der Waals surface area (Å²) in [6.07, 6.45) is 0.347. The molecule has 0 amide bonds. The van der Waals surface area contributed by atoms with Crippen LogP contribution in [0.25, 0.3) is 11.0 Å². The van der Waals surface area contributed by atoms with Crippen LogP contribution in [0.15, 0.2) is 16.9 Å². The summed E-state index contributed by atoms with van der Waals surface area (Å²) in [5.74, 6) is -0.592. The minimum absolute atomic E-state index is 0.00936. The normalized spacial score (nSPS) is 12.3. The Kier molecular flexibility index (Phi) is 3.14. The number of nitrogens with two attached hydrogens (primary N) is 1. The van der Waals surface area contributed by atoms with Crippen molar-refractivity contribution in [3.05, 3.63) is 28.4 Å². The molecule has 0 atom stereocenters. The zero-order valence-electron chi connectivity index (χ0n) is 11.3. The van der Waals surface area contributed by atoms with Gasteiger partial charge in [0.05, 0.1) is 16.8 Å². The Morgan fingerprint density at radius 2 is 2.05 bits per heavy atom. The predicted molar refractivity (Wildman–Crippen MR) is 72.5 cm³/mol. The maximum atomic E-state index is 14.1. The summed E-state index contributed by atoms with van der Waals surface area (Å²) in [6.45, 7) is 3.53. The third-order valence-electron chi connectivity index (χ3n) is 3.22. The number of anilines is 1. The number of benzene rings is 1. The zero-order valence-corrected chi connectivity index (χ0v) is 11.3. The summed E-state index contributed by atoms with van der Waals surface area (Å²) < 4.78 is 16.8. The van der Waals surface area contributed by atoms with Crippen LogP contribution >= 0.6 is 0 Å². The standard InChI is InChI=1S/C13H18FN3O2/c1-13(2,19)6-7-17-11-9(16(3)12(17)18)5-4-8(15)10(11)14/h4-5,19H,6-7,15H2,1-3H3. The topological polar surface area (TPSA) is 73.2 Å². The van der Waals surface area contributed by atoms with Crippen molar-refractivity contribution in [1.82, 2.24) is 9.13 Å². The van der Waals surface area contributed by atoms with E-state index in [1.165, 1.54) is 15.2 Å². The Labute approximate surface area is 110 Å². The summed E-state index contributed by atoms with van der Waals surface area (Å²) >= 11 is 0. The zero-order chi connectivity index (χ0) is 14.4. The number of rotatable bonds is 3. The van der Waals surface area contributed by atoms with Crippen molar-refractivity contribution in [3.8, 4) is 0 Å². The lowest BCUT2D eigenvalue weighted by Gasteiger charge is -2.17. The van der Waals surface area contributed by atoms with Gasteiger partial charge in [-0.2, -0.15) is 0 Å². The van der Waals surface area contributed by atoms with Gasteiger partial charge in [0.1, 0.15) is 5.52 Å². The first-order chi connectivity index (χ1) is 8.72. The molecule has 0 bridgehead atoms. The summed E-state index contributed by atoms with van der Waals surface area (Å²) in [7, 11) is 1.58. The number of imidazole rings is 1. The highest BCUT2D eigenvalue weighted by Gasteiger charge is 2.19. The maximum Gasteiger partial charge on any atom is 0.328 e. The van der Waals surface area contributed by atoms with Crippen molar-refractivity contribution in [2.24, 2.45) is 7.05 Å². The highest BCUT2D eigenvalue weighted by Crippen LogP contribution is 2.22. The number of fused-ring (bicyclic) bond motifs is 1. The van der Waals surface area contributed by atoms with Crippen LogP contribution in [0.1, 0.15) is 20.3 Å². The van der Waals surface area contributed by atoms with E-state index in [9.17, 15) is 14.3 Å². The maximum absolute atomic E-state index is 14.1. The molecule has 0 aliphatic rings. The highest BCUT2D eigenvalue weighted by atomic mass is 19.1. The van der Waals surface area contributed by atoms with Crippen LogP contribution in [0.4, 0.5) is 10.1 Å². The highest BCUT2D eigenvalue weighted by molar-refractivity contribution is 5.80. The largest absolute Gasteiger partial charge is 0.396 e. The molecule has 0 unspecified atom stereocenters. The lowest BCUT2D eigenvalue weighted by atomic mass is 10.1. The monoisotopic (exact) mass is 267 g/mol. The molecule has 0 radical (unpaired) electrons. The van der Waals surface area contributed by atoms with E-state index in [2.05, 4.69) is 0 Å². The van der Waals surface area contributed by atoms with E-state index in [4.69, 9.17) is 5.73 Å². The molecule has 5 nitrogen and oxygen atoms in total. The molecular formula is C13H18FN3O2. The molecule has 0 aliphatic carbocycles. The SMILES string of the molecule is Cn1c(=O)n(CCC(C)(C)O)c2c(F)c(N)ccc21. The second-order valence-electron chi connectivity index (χ2n) is 5.39. The van der Waals surface area contributed by atoms with E-state index >= 15 is 0 Å². The lowest BCUT2D eigenvalue weighted by Crippen LogP contribution is -2.27. The van der Waals surface area contributed by atoms with Crippen LogP contribution in [0.2, 0.25) is 0 Å². The van der Waals surface area contributed by atoms with Crippen molar-refractivity contribution >= 4 is 16.7 Å². The molecule has 1 heterocycles. The molecule has 0 saturated heterocycles. The average molecular weight is 267 g/mol. The lowest BCUT2D eigenvalue weighted by molar-refractivity contribution is 0.0662. The Morgan fingerprint density at radius 1 is 1.42 bits per heavy atom. The van der Waals surface area contributed by atoms with Crippen LogP contribution < -0.4 is 11.4 Å². The molecule has 2 rings (SSSR count). The van der Waals surface area contributed by atoms with Crippen LogP contribution in [0.5, 0.6) is 0 Å². The number of hydrogen-bond donors (Lipinski definition) is 2. The fourth-order valence-corrected chi connectivity index (χ4v) is 2.07. The molecule has 0 aliphatic heterocycles. The fraction of sp³-hybridized carbons (Fsp3) is 0.462. The molecule has 6 heteroatoms. The molecular weight excluding hydrogens is 249 g/mol. The van der Waals surface area contributed by atoms with Gasteiger partial charge in [0.25, 0.3) is 0 Å². The summed E-state index contributed by atoms with van der Waals surface area (Å²) in [5, 5.41) is 9.73. The Hall–Kier alpha value is -1.82. The fourth-order valence-electron chi connectivity index (χ4n) is 2.07. The van der Waals surface area contributed by atoms with Crippen molar-refractivity contribution in [1.29, 1.82) is 0 Å². The molecule has 1 aromatic carbocycles. The van der Waals surface area contributed by atoms with Gasteiger partial charge in [-0.3, -0.25) is 9.13 Å². The molecule has 0 saturated carbocycles. The molecule has 1 aromatic heterocycles. The van der Waals surface area contributed by atoms with E-state index in [1.54, 1.807) is 27.0 Å². The number of aliphatic hydroxyl groups is 1. The summed E-state index contributed by atoms with van der Waals surface area (Å²) in [5.41, 5.74) is 5.01. The van der Waals surface area contributed by atoms with Gasteiger partial charge in [0.15, 0.2) is 5.82 Å². The van der Waals surface area contributed by atoms with Crippen molar-refractivity contribution in [3.63, 3.8) is 0 Å². The second-order valence-corrected chi connectivity index (χ2v) is 5.39. The summed E-state index contributed by atoms with van der Waals surface area (Å²) in [6, 6.07) is 3.06. The van der Waals surface area contributed by atoms with Crippen LogP contribution in [0, 0.1) is 5.82 Å². The molecule has 2 aromatic rings. The van der Waals surface area contributed by atoms with Gasteiger partial charge >= 0.3 is 5.69 Å². The molecule has 3 N–H and O–H groups in total. The van der Waals surface area contributed by atoms with Gasteiger partial charge in [0, 0.05) is 13.6 Å². The van der Waals surface area contributed by atoms with Gasteiger partial charge in [-0.05, 0) is 32.4 Å². The number of hydrogen-bond acceptors (Lipinski definition) is 3. The first kappa shape index (κ1) is 13.6. The Morgan fingerprint density at radius 3 is 2.63 bits per heavy atom. The van der Waals surface area contributed by atoms with Gasteiger partial charge in [0.2, 0.25) is 0 Å². The second kappa shape index (κ2) is 4.38. The van der Waals surface area contributed by atoms with E-state index in [0.29, 0.717) is 11.9 Å². The van der Waals surface area contributed by atoms with Gasteiger partial charge in [-0.25, -0.2) is 9.18 Å². The van der Waals surface area contributed by atoms with Crippen molar-refractivity contribution in [2.75, 3.05) is 5.73 Å². The van der Waals surface area contributed by atoms with E-state index in [-0.39, 0.29) is 23.4 Å². The van der Waals surface area contributed by atoms with E-state index in [1.807, 2.05) is 0 Å². The number of aryl methyl sites for hydroxylation is 2. The van der Waals surface area contributed by atoms with Gasteiger partial charge in [-0.1, -0.05) is 0 Å². The number of aromatic nitrogens is 2. The van der Waals surface area contributed by atoms with Crippen LogP contribution in [0.3, 0.4) is 0 Å². The third-order valence-corrected chi connectivity index (χ3v) is 3.22. The van der Waals surface area contributed by atoms with Crippen molar-refractivity contribution in [2.45, 2.75) is 32.4 Å². The molecule has 0 fully saturated rings. The predicted octanol–water partition coefficient (Wildman–Crippen LogP) is 1.22. The summed E-state index contributed by atoms with van der Waals surface area (Å²) in [4.78, 5) is 12.1. The Balaban J connectivity index is 2.63. The van der Waals surface area contributed by atoms with Crippen molar-refractivity contribution < 1.29 is 9.50 Å². The van der Waals surface area contributed by atoms with Crippen LogP contribution in [-0.2, 0) is 13.6 Å². The minimum Gasteiger partial charge on any atom is -0.396 e. The average Bonchev–Trinajstić information content (AvgIpc) is 2.55. The number of nitrogen functional groups attached to an aromatic ring is 1. The number of nitrogens with zero attached hydrogens (tertiary/aromatic N) is 2. The van der Waals surface area contributed by atoms with Gasteiger partial charge < -0.3 is 10.8 Å². The van der Waals surface area contributed by atoms with Crippen LogP contribution in [-0.4, -0.2) is 19.8 Å². The number of halogens is 1. The van der Waals surface area contributed by atoms with E-state index < -0.39 is 11.4 Å². The smallest absolute Gasteiger partial charge is 0.328 e. The van der Waals surface area contributed by atoms with E-state index in [0.717, 1.165) is 0 Å². The quantitative estimate of drug-likeness (QED) is 0.821. The molecule has 19 heavy (non-hydrogen) atoms. The third kappa shape index (κ3) is 2.35. The molecule has 0 spiro atoms. The minimum atomic E-state index is -0.918. The first-order valence-electron chi connectivity index (χ1n) is 6.08. The van der Waals surface area contributed by atoms with Gasteiger partial charge in [-0.15, -0.1) is 0 Å².